The van der Waals surface area contributed by atoms with Gasteiger partial charge in [-0.1, -0.05) is 44.1 Å². The molecule has 3 nitrogen and oxygen atoms in total. The van der Waals surface area contributed by atoms with Crippen molar-refractivity contribution >= 4 is 5.78 Å². The van der Waals surface area contributed by atoms with Gasteiger partial charge in [0.25, 0.3) is 0 Å². The zero-order chi connectivity index (χ0) is 19.5. The van der Waals surface area contributed by atoms with E-state index in [0.717, 1.165) is 37.0 Å². The lowest BCUT2D eigenvalue weighted by atomic mass is 9.52. The summed E-state index contributed by atoms with van der Waals surface area (Å²) in [5.41, 5.74) is -1.24. The summed E-state index contributed by atoms with van der Waals surface area (Å²) in [4.78, 5) is 13.6. The second-order valence-corrected chi connectivity index (χ2v) is 10.00. The number of carbonyl (C=O) groups is 1. The number of fused-ring (bicyclic) bond motifs is 3. The first-order valence-electron chi connectivity index (χ1n) is 10.6. The minimum atomic E-state index is -1.47. The van der Waals surface area contributed by atoms with E-state index in [9.17, 15) is 4.79 Å². The number of benzene rings is 1. The Bertz CT molecular complexity index is 905. The van der Waals surface area contributed by atoms with Crippen molar-refractivity contribution in [2.75, 3.05) is 7.11 Å². The predicted molar refractivity (Wildman–Crippen MR) is 103 cm³/mol. The van der Waals surface area contributed by atoms with Crippen molar-refractivity contribution in [2.45, 2.75) is 62.8 Å². The van der Waals surface area contributed by atoms with Gasteiger partial charge in [-0.15, -0.1) is 0 Å². The molecule has 0 N–H and O–H groups in total. The quantitative estimate of drug-likeness (QED) is 0.562. The number of methoxy groups -OCH3 is 1. The summed E-state index contributed by atoms with van der Waals surface area (Å²) >= 11 is 0. The van der Waals surface area contributed by atoms with Gasteiger partial charge in [0.2, 0.25) is 0 Å². The Balaban J connectivity index is 1.63. The summed E-state index contributed by atoms with van der Waals surface area (Å²) in [6.45, 7) is 4.02. The molecule has 6 rings (SSSR count). The van der Waals surface area contributed by atoms with Crippen LogP contribution >= 0.6 is 0 Å². The van der Waals surface area contributed by atoms with Gasteiger partial charge >= 0.3 is 0 Å². The number of hydrogen-bond acceptors (Lipinski definition) is 3. The Morgan fingerprint density at radius 2 is 1.82 bits per heavy atom. The molecule has 0 aromatic heterocycles. The number of epoxide rings is 1. The molecule has 3 saturated carbocycles. The SMILES string of the molecule is COc1ccc([C@@]23C=C[C@@]4(CCCC[C@@]42C)[C@@H]2[C@H]3C(=O)[C@H]3O[C@H]3[C@]2(C)F)cc1. The molecular formula is C24H27FO3. The number of carbonyl (C=O) groups excluding carboxylic acids is 1. The fourth-order valence-corrected chi connectivity index (χ4v) is 8.13. The summed E-state index contributed by atoms with van der Waals surface area (Å²) in [6, 6.07) is 8.11. The third kappa shape index (κ3) is 1.55. The molecular weight excluding hydrogens is 355 g/mol. The van der Waals surface area contributed by atoms with E-state index in [2.05, 4.69) is 31.2 Å². The van der Waals surface area contributed by atoms with Crippen LogP contribution in [-0.4, -0.2) is 30.8 Å². The van der Waals surface area contributed by atoms with Crippen LogP contribution in [0.25, 0.3) is 0 Å². The average Bonchev–Trinajstić information content (AvgIpc) is 3.43. The van der Waals surface area contributed by atoms with E-state index in [1.807, 2.05) is 12.1 Å². The third-order valence-corrected chi connectivity index (χ3v) is 9.29. The molecule has 0 unspecified atom stereocenters. The molecule has 0 spiro atoms. The van der Waals surface area contributed by atoms with Crippen LogP contribution in [0.2, 0.25) is 0 Å². The number of allylic oxidation sites excluding steroid dienone is 2. The summed E-state index contributed by atoms with van der Waals surface area (Å²) < 4.78 is 27.3. The van der Waals surface area contributed by atoms with Gasteiger partial charge < -0.3 is 9.47 Å². The molecule has 8 atom stereocenters. The Morgan fingerprint density at radius 1 is 1.11 bits per heavy atom. The molecule has 148 valence electrons. The van der Waals surface area contributed by atoms with Gasteiger partial charge in [0, 0.05) is 22.7 Å². The summed E-state index contributed by atoms with van der Waals surface area (Å²) in [5.74, 6) is 0.259. The first-order valence-corrected chi connectivity index (χ1v) is 10.6. The second kappa shape index (κ2) is 4.89. The minimum Gasteiger partial charge on any atom is -0.497 e. The van der Waals surface area contributed by atoms with Gasteiger partial charge in [-0.05, 0) is 42.9 Å². The molecule has 5 aliphatic rings. The fraction of sp³-hybridized carbons (Fsp3) is 0.625. The Labute approximate surface area is 165 Å². The Hall–Kier alpha value is -1.68. The molecule has 1 saturated heterocycles. The molecule has 0 amide bonds. The first kappa shape index (κ1) is 17.2. The average molecular weight is 382 g/mol. The van der Waals surface area contributed by atoms with Crippen molar-refractivity contribution in [3.8, 4) is 5.75 Å². The highest BCUT2D eigenvalue weighted by Crippen LogP contribution is 2.82. The maximum atomic E-state index is 16.3. The summed E-state index contributed by atoms with van der Waals surface area (Å²) in [7, 11) is 1.66. The number of ether oxygens (including phenoxy) is 2. The van der Waals surface area contributed by atoms with Crippen LogP contribution in [0.3, 0.4) is 0 Å². The smallest absolute Gasteiger partial charge is 0.169 e. The largest absolute Gasteiger partial charge is 0.497 e. The molecule has 1 aromatic carbocycles. The van der Waals surface area contributed by atoms with Gasteiger partial charge in [0.1, 0.15) is 23.6 Å². The maximum Gasteiger partial charge on any atom is 0.169 e. The zero-order valence-electron chi connectivity index (χ0n) is 16.7. The van der Waals surface area contributed by atoms with Crippen molar-refractivity contribution in [2.24, 2.45) is 22.7 Å². The zero-order valence-corrected chi connectivity index (χ0v) is 16.7. The lowest BCUT2D eigenvalue weighted by Crippen LogP contribution is -2.56. The Morgan fingerprint density at radius 3 is 2.54 bits per heavy atom. The van der Waals surface area contributed by atoms with Crippen LogP contribution in [0.15, 0.2) is 36.4 Å². The number of hydrogen-bond donors (Lipinski definition) is 0. The lowest BCUT2D eigenvalue weighted by Gasteiger charge is -2.51. The Kier molecular flexibility index (Phi) is 3.01. The van der Waals surface area contributed by atoms with Gasteiger partial charge in [0.15, 0.2) is 5.78 Å². The second-order valence-electron chi connectivity index (χ2n) is 10.00. The predicted octanol–water partition coefficient (Wildman–Crippen LogP) is 4.39. The van der Waals surface area contributed by atoms with E-state index in [1.165, 1.54) is 0 Å². The van der Waals surface area contributed by atoms with E-state index >= 15 is 4.39 Å². The van der Waals surface area contributed by atoms with E-state index < -0.39 is 23.3 Å². The van der Waals surface area contributed by atoms with Crippen LogP contribution in [0.4, 0.5) is 4.39 Å². The lowest BCUT2D eigenvalue weighted by molar-refractivity contribution is -0.133. The highest BCUT2D eigenvalue weighted by Gasteiger charge is 2.85. The number of ketones is 1. The monoisotopic (exact) mass is 382 g/mol. The highest BCUT2D eigenvalue weighted by molar-refractivity contribution is 5.93. The van der Waals surface area contributed by atoms with Crippen molar-refractivity contribution in [3.63, 3.8) is 0 Å². The van der Waals surface area contributed by atoms with Gasteiger partial charge in [-0.3, -0.25) is 4.79 Å². The molecule has 1 heterocycles. The van der Waals surface area contributed by atoms with Crippen molar-refractivity contribution in [1.29, 1.82) is 0 Å². The number of rotatable bonds is 2. The van der Waals surface area contributed by atoms with Crippen molar-refractivity contribution in [3.05, 3.63) is 42.0 Å². The van der Waals surface area contributed by atoms with E-state index in [0.29, 0.717) is 0 Å². The highest BCUT2D eigenvalue weighted by atomic mass is 19.1. The van der Waals surface area contributed by atoms with Crippen LogP contribution in [0.5, 0.6) is 5.75 Å². The van der Waals surface area contributed by atoms with Crippen molar-refractivity contribution < 1.29 is 18.7 Å². The standard InChI is InChI=1S/C24H27FO3/c1-21-10-4-5-11-23(21)12-13-24(21,14-6-8-15(27-3)9-7-14)16-17(26)18-20(28-18)22(2,25)19(16)23/h6-9,12-13,16,18-20H,4-5,10-11H2,1-3H3/t16-,18-,19-,20-,21+,22-,23+,24-/m1/s1. The molecule has 4 fully saturated rings. The van der Waals surface area contributed by atoms with Gasteiger partial charge in [0.05, 0.1) is 7.11 Å². The molecule has 28 heavy (non-hydrogen) atoms. The minimum absolute atomic E-state index is 0.125. The van der Waals surface area contributed by atoms with Crippen LogP contribution in [0.1, 0.15) is 45.1 Å². The summed E-state index contributed by atoms with van der Waals surface area (Å²) in [6.07, 6.45) is 7.69. The number of alkyl halides is 1. The van der Waals surface area contributed by atoms with Gasteiger partial charge in [-0.2, -0.15) is 0 Å². The van der Waals surface area contributed by atoms with Crippen LogP contribution in [-0.2, 0) is 14.9 Å². The molecule has 0 radical (unpaired) electrons. The molecule has 1 aliphatic heterocycles. The van der Waals surface area contributed by atoms with E-state index in [1.54, 1.807) is 14.0 Å². The molecule has 2 bridgehead atoms. The van der Waals surface area contributed by atoms with Crippen LogP contribution in [0, 0.1) is 22.7 Å². The van der Waals surface area contributed by atoms with E-state index in [4.69, 9.17) is 9.47 Å². The first-order chi connectivity index (χ1) is 13.3. The molecule has 4 heteroatoms. The third-order valence-electron chi connectivity index (χ3n) is 9.29. The topological polar surface area (TPSA) is 38.8 Å². The number of Topliss-reactive ketones (excluding diaryl/α,β-unsaturated/α-hetero) is 1. The van der Waals surface area contributed by atoms with Gasteiger partial charge in [-0.25, -0.2) is 4.39 Å². The molecule has 1 aromatic rings. The van der Waals surface area contributed by atoms with Crippen molar-refractivity contribution in [1.82, 2.24) is 0 Å². The molecule has 4 aliphatic carbocycles. The summed E-state index contributed by atoms with van der Waals surface area (Å²) in [5, 5.41) is 0. The maximum absolute atomic E-state index is 16.3. The fourth-order valence-electron chi connectivity index (χ4n) is 8.13. The van der Waals surface area contributed by atoms with E-state index in [-0.39, 0.29) is 28.4 Å². The normalized spacial score (nSPS) is 52.8. The van der Waals surface area contributed by atoms with Crippen LogP contribution < -0.4 is 4.74 Å². The number of halogens is 1.